The normalized spacial score (nSPS) is 18.0. The quantitative estimate of drug-likeness (QED) is 0.634. The number of hydrogen-bond donors (Lipinski definition) is 2. The Morgan fingerprint density at radius 1 is 1.43 bits per heavy atom. The topological polar surface area (TPSA) is 67.3 Å². The summed E-state index contributed by atoms with van der Waals surface area (Å²) >= 11 is 3.23. The molecule has 23 heavy (non-hydrogen) atoms. The van der Waals surface area contributed by atoms with Crippen molar-refractivity contribution in [2.45, 2.75) is 57.0 Å². The van der Waals surface area contributed by atoms with Crippen LogP contribution in [0.5, 0.6) is 0 Å². The van der Waals surface area contributed by atoms with Crippen LogP contribution >= 0.6 is 23.1 Å². The van der Waals surface area contributed by atoms with Gasteiger partial charge < -0.3 is 15.2 Å². The summed E-state index contributed by atoms with van der Waals surface area (Å²) in [5.41, 5.74) is 1.13. The number of rotatable bonds is 5. The van der Waals surface area contributed by atoms with E-state index in [0.29, 0.717) is 6.61 Å². The minimum absolute atomic E-state index is 0.00575. The van der Waals surface area contributed by atoms with E-state index in [1.54, 1.807) is 11.3 Å². The van der Waals surface area contributed by atoms with Gasteiger partial charge in [0.05, 0.1) is 30.2 Å². The minimum Gasteiger partial charge on any atom is -0.394 e. The summed E-state index contributed by atoms with van der Waals surface area (Å²) in [5.74, 6) is 0.843. The third-order valence-electron chi connectivity index (χ3n) is 4.15. The van der Waals surface area contributed by atoms with Gasteiger partial charge in [-0.05, 0) is 32.1 Å². The largest absolute Gasteiger partial charge is 0.394 e. The van der Waals surface area contributed by atoms with E-state index in [2.05, 4.69) is 36.1 Å². The van der Waals surface area contributed by atoms with E-state index in [1.165, 1.54) is 22.2 Å². The zero-order valence-corrected chi connectivity index (χ0v) is 15.6. The van der Waals surface area contributed by atoms with E-state index in [-0.39, 0.29) is 18.2 Å². The molecule has 2 N–H and O–H groups in total. The summed E-state index contributed by atoms with van der Waals surface area (Å²) < 4.78 is 5.94. The zero-order chi connectivity index (χ0) is 16.6. The molecule has 0 spiro atoms. The summed E-state index contributed by atoms with van der Waals surface area (Å²) in [7, 11) is 0. The van der Waals surface area contributed by atoms with Crippen LogP contribution in [0.15, 0.2) is 5.16 Å². The molecule has 3 heterocycles. The van der Waals surface area contributed by atoms with Crippen LogP contribution in [0.1, 0.15) is 37.6 Å². The average Bonchev–Trinajstić information content (AvgIpc) is 2.88. The number of anilines is 1. The molecule has 0 aliphatic carbocycles. The van der Waals surface area contributed by atoms with Gasteiger partial charge >= 0.3 is 0 Å². The molecule has 1 unspecified atom stereocenters. The van der Waals surface area contributed by atoms with E-state index < -0.39 is 0 Å². The lowest BCUT2D eigenvalue weighted by atomic mass is 9.94. The molecule has 1 aliphatic heterocycles. The molecule has 1 atom stereocenters. The number of hydrogen-bond acceptors (Lipinski definition) is 7. The minimum atomic E-state index is -0.169. The molecule has 0 aromatic carbocycles. The summed E-state index contributed by atoms with van der Waals surface area (Å²) in [6, 6.07) is 0.00575. The maximum absolute atomic E-state index is 9.53. The molecule has 126 valence electrons. The molecular formula is C16H23N3O2S2. The Balaban J connectivity index is 2.14. The number of aliphatic hydroxyl groups is 1. The fourth-order valence-electron chi connectivity index (χ4n) is 2.79. The first-order chi connectivity index (χ1) is 11.0. The van der Waals surface area contributed by atoms with Crippen molar-refractivity contribution >= 4 is 39.1 Å². The summed E-state index contributed by atoms with van der Waals surface area (Å²) in [6.45, 7) is 7.02. The van der Waals surface area contributed by atoms with Crippen LogP contribution in [0, 0.1) is 0 Å². The second kappa shape index (κ2) is 6.55. The van der Waals surface area contributed by atoms with Crippen molar-refractivity contribution in [1.82, 2.24) is 9.97 Å². The summed E-state index contributed by atoms with van der Waals surface area (Å²) in [4.78, 5) is 11.6. The van der Waals surface area contributed by atoms with Crippen LogP contribution in [-0.4, -0.2) is 39.6 Å². The van der Waals surface area contributed by atoms with Gasteiger partial charge in [0, 0.05) is 11.3 Å². The van der Waals surface area contributed by atoms with Crippen molar-refractivity contribution in [1.29, 1.82) is 0 Å². The number of fused-ring (bicyclic) bond motifs is 3. The summed E-state index contributed by atoms with van der Waals surface area (Å²) in [6.07, 6.45) is 3.68. The van der Waals surface area contributed by atoms with Gasteiger partial charge in [0.25, 0.3) is 0 Å². The number of nitrogens with one attached hydrogen (secondary N) is 1. The summed E-state index contributed by atoms with van der Waals surface area (Å²) in [5, 5.41) is 14.8. The monoisotopic (exact) mass is 353 g/mol. The predicted molar refractivity (Wildman–Crippen MR) is 96.6 cm³/mol. The number of thioether (sulfide) groups is 1. The molecule has 0 radical (unpaired) electrons. The second-order valence-electron chi connectivity index (χ2n) is 6.40. The zero-order valence-electron chi connectivity index (χ0n) is 14.0. The first-order valence-corrected chi connectivity index (χ1v) is 9.89. The fraction of sp³-hybridized carbons (Fsp3) is 0.625. The van der Waals surface area contributed by atoms with Gasteiger partial charge in [-0.3, -0.25) is 0 Å². The molecule has 1 aliphatic rings. The lowest BCUT2D eigenvalue weighted by molar-refractivity contribution is -0.0379. The molecule has 5 nitrogen and oxygen atoms in total. The molecule has 0 amide bonds. The van der Waals surface area contributed by atoms with Crippen LogP contribution in [0.2, 0.25) is 0 Å². The van der Waals surface area contributed by atoms with E-state index in [9.17, 15) is 5.11 Å². The van der Waals surface area contributed by atoms with Crippen molar-refractivity contribution in [3.63, 3.8) is 0 Å². The van der Waals surface area contributed by atoms with E-state index >= 15 is 0 Å². The third kappa shape index (κ3) is 3.33. The smallest absolute Gasteiger partial charge is 0.190 e. The SMILES string of the molecule is CCC(CO)Nc1nc(SC)nc2sc3c(c12)CC(C)(C)OC3. The van der Waals surface area contributed by atoms with Crippen molar-refractivity contribution in [2.75, 3.05) is 18.2 Å². The highest BCUT2D eigenvalue weighted by atomic mass is 32.2. The number of aromatic nitrogens is 2. The lowest BCUT2D eigenvalue weighted by Gasteiger charge is -2.30. The molecule has 0 saturated heterocycles. The molecule has 0 fully saturated rings. The van der Waals surface area contributed by atoms with Crippen LogP contribution in [0.4, 0.5) is 5.82 Å². The molecular weight excluding hydrogens is 330 g/mol. The number of thiophene rings is 1. The first-order valence-electron chi connectivity index (χ1n) is 7.85. The molecule has 3 rings (SSSR count). The Morgan fingerprint density at radius 2 is 2.22 bits per heavy atom. The van der Waals surface area contributed by atoms with E-state index in [0.717, 1.165) is 34.0 Å². The Hall–Kier alpha value is -0.890. The highest BCUT2D eigenvalue weighted by Gasteiger charge is 2.31. The molecule has 2 aromatic rings. The van der Waals surface area contributed by atoms with Crippen LogP contribution < -0.4 is 5.32 Å². The average molecular weight is 354 g/mol. The lowest BCUT2D eigenvalue weighted by Crippen LogP contribution is -2.31. The molecule has 2 aromatic heterocycles. The second-order valence-corrected chi connectivity index (χ2v) is 8.26. The highest BCUT2D eigenvalue weighted by Crippen LogP contribution is 2.41. The van der Waals surface area contributed by atoms with Crippen molar-refractivity contribution in [2.24, 2.45) is 0 Å². The predicted octanol–water partition coefficient (Wildman–Crippen LogP) is 3.45. The third-order valence-corrected chi connectivity index (χ3v) is 5.79. The van der Waals surface area contributed by atoms with Crippen LogP contribution in [-0.2, 0) is 17.8 Å². The number of nitrogens with zero attached hydrogens (tertiary/aromatic N) is 2. The first kappa shape index (κ1) is 17.0. The maximum atomic E-state index is 9.53. The fourth-order valence-corrected chi connectivity index (χ4v) is 4.32. The van der Waals surface area contributed by atoms with Crippen LogP contribution in [0.25, 0.3) is 10.2 Å². The Labute approximate surface area is 144 Å². The standard InChI is InChI=1S/C16H23N3O2S2/c1-5-9(7-20)17-13-12-10-6-16(2,3)21-8-11(10)23-14(12)19-15(18-13)22-4/h9,20H,5-8H2,1-4H3,(H,17,18,19). The molecule has 7 heteroatoms. The van der Waals surface area contributed by atoms with Gasteiger partial charge in [0.1, 0.15) is 10.6 Å². The molecule has 0 saturated carbocycles. The highest BCUT2D eigenvalue weighted by molar-refractivity contribution is 7.98. The van der Waals surface area contributed by atoms with Gasteiger partial charge in [-0.15, -0.1) is 11.3 Å². The van der Waals surface area contributed by atoms with E-state index in [1.807, 2.05) is 6.26 Å². The number of aliphatic hydroxyl groups excluding tert-OH is 1. The maximum Gasteiger partial charge on any atom is 0.190 e. The van der Waals surface area contributed by atoms with Gasteiger partial charge in [0.15, 0.2) is 5.16 Å². The van der Waals surface area contributed by atoms with Crippen LogP contribution in [0.3, 0.4) is 0 Å². The van der Waals surface area contributed by atoms with Gasteiger partial charge in [-0.25, -0.2) is 9.97 Å². The number of ether oxygens (including phenoxy) is 1. The Kier molecular flexibility index (Phi) is 4.83. The molecule has 0 bridgehead atoms. The Bertz CT molecular complexity index is 711. The van der Waals surface area contributed by atoms with Crippen molar-refractivity contribution in [3.8, 4) is 0 Å². The van der Waals surface area contributed by atoms with Gasteiger partial charge in [-0.1, -0.05) is 18.7 Å². The van der Waals surface area contributed by atoms with Gasteiger partial charge in [0.2, 0.25) is 0 Å². The van der Waals surface area contributed by atoms with E-state index in [4.69, 9.17) is 4.74 Å². The Morgan fingerprint density at radius 3 is 2.87 bits per heavy atom. The van der Waals surface area contributed by atoms with Gasteiger partial charge in [-0.2, -0.15) is 0 Å². The van der Waals surface area contributed by atoms with Crippen molar-refractivity contribution < 1.29 is 9.84 Å². The van der Waals surface area contributed by atoms with Crippen molar-refractivity contribution in [3.05, 3.63) is 10.4 Å².